The van der Waals surface area contributed by atoms with Crippen molar-refractivity contribution in [2.45, 2.75) is 40.2 Å². The van der Waals surface area contributed by atoms with Gasteiger partial charge in [-0.2, -0.15) is 5.10 Å². The van der Waals surface area contributed by atoms with Crippen LogP contribution in [0.3, 0.4) is 0 Å². The highest BCUT2D eigenvalue weighted by Gasteiger charge is 2.24. The van der Waals surface area contributed by atoms with Crippen LogP contribution in [0.25, 0.3) is 32.8 Å². The normalized spacial score (nSPS) is 11.3. The number of fused-ring (bicyclic) bond motifs is 2. The first-order valence-corrected chi connectivity index (χ1v) is 16.4. The van der Waals surface area contributed by atoms with Crippen LogP contribution in [-0.2, 0) is 24.8 Å². The van der Waals surface area contributed by atoms with E-state index in [-0.39, 0.29) is 25.0 Å². The van der Waals surface area contributed by atoms with Gasteiger partial charge in [0.05, 0.1) is 18.7 Å². The largest absolute Gasteiger partial charge is 0.493 e. The molecule has 6 rings (SSSR count). The van der Waals surface area contributed by atoms with E-state index in [0.29, 0.717) is 36.5 Å². The fourth-order valence-electron chi connectivity index (χ4n) is 6.02. The van der Waals surface area contributed by atoms with Crippen molar-refractivity contribution < 1.29 is 23.8 Å². The second kappa shape index (κ2) is 13.8. The van der Waals surface area contributed by atoms with E-state index >= 15 is 0 Å². The predicted molar refractivity (Wildman–Crippen MR) is 187 cm³/mol. The number of rotatable bonds is 12. The van der Waals surface area contributed by atoms with Crippen LogP contribution < -0.4 is 9.47 Å². The van der Waals surface area contributed by atoms with Crippen molar-refractivity contribution in [2.75, 3.05) is 13.2 Å². The minimum Gasteiger partial charge on any atom is -0.493 e. The van der Waals surface area contributed by atoms with Gasteiger partial charge < -0.3 is 19.2 Å². The lowest BCUT2D eigenvalue weighted by Crippen LogP contribution is -2.09. The molecule has 0 spiro atoms. The van der Waals surface area contributed by atoms with Crippen LogP contribution in [0.15, 0.2) is 83.3 Å². The molecule has 0 fully saturated rings. The van der Waals surface area contributed by atoms with Gasteiger partial charge in [-0.15, -0.1) is 0 Å². The second-order valence-corrected chi connectivity index (χ2v) is 12.2. The van der Waals surface area contributed by atoms with E-state index < -0.39 is 0 Å². The van der Waals surface area contributed by atoms with Gasteiger partial charge in [0.1, 0.15) is 29.5 Å². The van der Waals surface area contributed by atoms with Crippen molar-refractivity contribution in [1.29, 1.82) is 0 Å². The molecule has 0 saturated carbocycles. The molecule has 0 aliphatic rings. The molecule has 6 aromatic rings. The Bertz CT molecular complexity index is 2110. The number of hydrogen-bond donors (Lipinski definition) is 1. The number of nitrogens with one attached hydrogen (secondary N) is 1. The zero-order valence-electron chi connectivity index (χ0n) is 26.9. The number of carbonyl (C=O) groups is 2. The summed E-state index contributed by atoms with van der Waals surface area (Å²) in [5.74, 6) is 0.978. The summed E-state index contributed by atoms with van der Waals surface area (Å²) in [5, 5.41) is 7.94. The van der Waals surface area contributed by atoms with Gasteiger partial charge >= 0.3 is 5.97 Å². The summed E-state index contributed by atoms with van der Waals surface area (Å²) in [7, 11) is 1.90. The smallest absolute Gasteiger partial charge is 0.355 e. The average molecular weight is 695 g/mol. The fraction of sp³-hybridized carbons (Fsp3) is 0.237. The van der Waals surface area contributed by atoms with Gasteiger partial charge in [0.25, 0.3) is 0 Å². The van der Waals surface area contributed by atoms with Crippen molar-refractivity contribution in [1.82, 2.24) is 14.8 Å². The van der Waals surface area contributed by atoms with Crippen LogP contribution in [0.1, 0.15) is 58.1 Å². The molecule has 0 amide bonds. The SMILES string of the molecule is CCOC(=O)c1[nH]c2c(-c3c(COc4ccc(Br)c(C(C)=O)c4)nn(C)c3C)cccc2c1CCCOc1cccc2ccccc12. The standard InChI is InChI=1S/C38H36BrN3O5/c1-5-45-38(44)37-29(16-10-20-46-34-17-8-12-25-11-6-7-13-27(25)34)28-14-9-15-30(36(28)40-37)35-23(2)42(4)41-33(35)22-47-26-18-19-32(39)31(21-26)24(3)43/h6-9,11-15,17-19,21,40H,5,10,16,20,22H2,1-4H3. The van der Waals surface area contributed by atoms with Crippen LogP contribution in [0.5, 0.6) is 11.5 Å². The van der Waals surface area contributed by atoms with Gasteiger partial charge in [0.2, 0.25) is 0 Å². The summed E-state index contributed by atoms with van der Waals surface area (Å²) >= 11 is 3.44. The summed E-state index contributed by atoms with van der Waals surface area (Å²) in [6.07, 6.45) is 1.32. The number of H-pyrrole nitrogens is 1. The molecule has 2 aromatic heterocycles. The highest BCUT2D eigenvalue weighted by Crippen LogP contribution is 2.37. The van der Waals surface area contributed by atoms with Gasteiger partial charge in [-0.3, -0.25) is 9.48 Å². The number of benzene rings is 4. The first-order valence-electron chi connectivity index (χ1n) is 15.6. The lowest BCUT2D eigenvalue weighted by Gasteiger charge is -2.10. The number of halogens is 1. The van der Waals surface area contributed by atoms with E-state index in [1.165, 1.54) is 6.92 Å². The third-order valence-electron chi connectivity index (χ3n) is 8.37. The number of Topliss-reactive ketones (excluding diaryl/α,β-unsaturated/α-hetero) is 1. The minimum absolute atomic E-state index is 0.0524. The topological polar surface area (TPSA) is 95.4 Å². The number of nitrogens with zero attached hydrogens (tertiary/aromatic N) is 2. The molecular formula is C38H36BrN3O5. The Morgan fingerprint density at radius 1 is 0.957 bits per heavy atom. The molecule has 0 saturated heterocycles. The van der Waals surface area contributed by atoms with E-state index in [1.807, 2.05) is 73.3 Å². The first-order chi connectivity index (χ1) is 22.8. The quantitative estimate of drug-likeness (QED) is 0.0782. The lowest BCUT2D eigenvalue weighted by atomic mass is 9.98. The summed E-state index contributed by atoms with van der Waals surface area (Å²) in [6.45, 7) is 6.30. The zero-order chi connectivity index (χ0) is 33.1. The van der Waals surface area contributed by atoms with E-state index in [0.717, 1.165) is 60.0 Å². The Labute approximate surface area is 281 Å². The van der Waals surface area contributed by atoms with Gasteiger partial charge in [-0.1, -0.05) is 70.5 Å². The van der Waals surface area contributed by atoms with Gasteiger partial charge in [0, 0.05) is 44.7 Å². The van der Waals surface area contributed by atoms with Crippen LogP contribution in [-0.4, -0.2) is 39.7 Å². The Kier molecular flexibility index (Phi) is 9.45. The number of carbonyl (C=O) groups excluding carboxylic acids is 2. The Morgan fingerprint density at radius 3 is 2.53 bits per heavy atom. The lowest BCUT2D eigenvalue weighted by molar-refractivity contribution is 0.0519. The van der Waals surface area contributed by atoms with Crippen LogP contribution in [0.4, 0.5) is 0 Å². The highest BCUT2D eigenvalue weighted by molar-refractivity contribution is 9.10. The minimum atomic E-state index is -0.386. The van der Waals surface area contributed by atoms with Gasteiger partial charge in [-0.25, -0.2) is 4.79 Å². The molecule has 1 N–H and O–H groups in total. The van der Waals surface area contributed by atoms with Crippen molar-refractivity contribution >= 4 is 49.4 Å². The maximum Gasteiger partial charge on any atom is 0.355 e. The van der Waals surface area contributed by atoms with E-state index in [2.05, 4.69) is 39.1 Å². The maximum absolute atomic E-state index is 13.2. The molecule has 240 valence electrons. The van der Waals surface area contributed by atoms with Crippen LogP contribution in [0, 0.1) is 6.92 Å². The molecule has 8 nitrogen and oxygen atoms in total. The van der Waals surface area contributed by atoms with E-state index in [1.54, 1.807) is 13.0 Å². The molecule has 9 heteroatoms. The number of esters is 1. The molecule has 0 aliphatic carbocycles. The third kappa shape index (κ3) is 6.53. The number of hydrogen-bond acceptors (Lipinski definition) is 6. The zero-order valence-corrected chi connectivity index (χ0v) is 28.4. The van der Waals surface area contributed by atoms with Crippen molar-refractivity contribution in [3.05, 3.63) is 112 Å². The molecule has 4 aromatic carbocycles. The summed E-state index contributed by atoms with van der Waals surface area (Å²) in [6, 6.07) is 25.6. The van der Waals surface area contributed by atoms with E-state index in [9.17, 15) is 9.59 Å². The maximum atomic E-state index is 13.2. The van der Waals surface area contributed by atoms with Crippen LogP contribution >= 0.6 is 15.9 Å². The Hall–Kier alpha value is -4.89. The van der Waals surface area contributed by atoms with E-state index in [4.69, 9.17) is 19.3 Å². The molecular weight excluding hydrogens is 658 g/mol. The molecule has 0 bridgehead atoms. The summed E-state index contributed by atoms with van der Waals surface area (Å²) in [4.78, 5) is 28.7. The van der Waals surface area contributed by atoms with Gasteiger partial charge in [0.15, 0.2) is 5.78 Å². The average Bonchev–Trinajstić information content (AvgIpc) is 3.58. The van der Waals surface area contributed by atoms with Crippen LogP contribution in [0.2, 0.25) is 0 Å². The summed E-state index contributed by atoms with van der Waals surface area (Å²) < 4.78 is 20.4. The number of ketones is 1. The number of aromatic amines is 1. The number of para-hydroxylation sites is 1. The molecule has 0 unspecified atom stereocenters. The number of aryl methyl sites for hydroxylation is 2. The van der Waals surface area contributed by atoms with Crippen molar-refractivity contribution in [2.24, 2.45) is 7.05 Å². The number of aromatic nitrogens is 3. The highest BCUT2D eigenvalue weighted by atomic mass is 79.9. The Balaban J connectivity index is 1.31. The second-order valence-electron chi connectivity index (χ2n) is 11.4. The van der Waals surface area contributed by atoms with Crippen molar-refractivity contribution in [3.63, 3.8) is 0 Å². The Morgan fingerprint density at radius 2 is 1.72 bits per heavy atom. The molecule has 0 aliphatic heterocycles. The predicted octanol–water partition coefficient (Wildman–Crippen LogP) is 8.76. The fourth-order valence-corrected chi connectivity index (χ4v) is 6.54. The molecule has 0 radical (unpaired) electrons. The number of ether oxygens (including phenoxy) is 3. The summed E-state index contributed by atoms with van der Waals surface area (Å²) in [5.41, 5.74) is 6.26. The first kappa shape index (κ1) is 32.1. The monoisotopic (exact) mass is 693 g/mol. The molecule has 2 heterocycles. The molecule has 0 atom stereocenters. The van der Waals surface area contributed by atoms with Gasteiger partial charge in [-0.05, 0) is 68.8 Å². The third-order valence-corrected chi connectivity index (χ3v) is 9.06. The van der Waals surface area contributed by atoms with Crippen molar-refractivity contribution in [3.8, 4) is 22.6 Å². The molecule has 47 heavy (non-hydrogen) atoms.